The molecule has 2 aromatic rings. The van der Waals surface area contributed by atoms with Crippen LogP contribution in [0.25, 0.3) is 0 Å². The van der Waals surface area contributed by atoms with Gasteiger partial charge in [0.2, 0.25) is 0 Å². The van der Waals surface area contributed by atoms with E-state index in [1.165, 1.54) is 0 Å². The second-order valence-electron chi connectivity index (χ2n) is 4.85. The summed E-state index contributed by atoms with van der Waals surface area (Å²) in [4.78, 5) is 0. The largest absolute Gasteiger partial charge is 0.372 e. The third-order valence-electron chi connectivity index (χ3n) is 3.09. The first-order valence-electron chi connectivity index (χ1n) is 7.64. The molecule has 0 aliphatic carbocycles. The average molecular weight is 310 g/mol. The van der Waals surface area contributed by atoms with Gasteiger partial charge in [-0.1, -0.05) is 36.4 Å². The molecular formula is C18H22N4O. The first kappa shape index (κ1) is 16.7. The van der Waals surface area contributed by atoms with E-state index in [-0.39, 0.29) is 6.10 Å². The van der Waals surface area contributed by atoms with Gasteiger partial charge in [-0.15, -0.1) is 0 Å². The number of ether oxygens (including phenoxy) is 1. The number of nitrogens with one attached hydrogen (secondary N) is 2. The Morgan fingerprint density at radius 1 is 1.00 bits per heavy atom. The van der Waals surface area contributed by atoms with Crippen molar-refractivity contribution in [3.05, 3.63) is 60.7 Å². The lowest BCUT2D eigenvalue weighted by atomic mass is 10.2. The molecule has 0 aromatic heterocycles. The Morgan fingerprint density at radius 3 is 2.13 bits per heavy atom. The summed E-state index contributed by atoms with van der Waals surface area (Å²) < 4.78 is 5.61. The molecule has 5 nitrogen and oxygen atoms in total. The third kappa shape index (κ3) is 5.92. The van der Waals surface area contributed by atoms with Gasteiger partial charge in [-0.2, -0.15) is 10.2 Å². The monoisotopic (exact) mass is 310 g/mol. The number of hydrogen-bond acceptors (Lipinski definition) is 5. The molecule has 23 heavy (non-hydrogen) atoms. The first-order valence-corrected chi connectivity index (χ1v) is 7.64. The van der Waals surface area contributed by atoms with Crippen molar-refractivity contribution in [3.8, 4) is 0 Å². The van der Waals surface area contributed by atoms with Gasteiger partial charge >= 0.3 is 0 Å². The van der Waals surface area contributed by atoms with Crippen LogP contribution >= 0.6 is 0 Å². The molecule has 5 heteroatoms. The summed E-state index contributed by atoms with van der Waals surface area (Å²) in [5.74, 6) is 0. The zero-order valence-electron chi connectivity index (χ0n) is 13.4. The predicted octanol–water partition coefficient (Wildman–Crippen LogP) is 3.98. The van der Waals surface area contributed by atoms with E-state index in [1.54, 1.807) is 6.21 Å². The highest BCUT2D eigenvalue weighted by molar-refractivity contribution is 6.32. The van der Waals surface area contributed by atoms with Crippen LogP contribution in [0.15, 0.2) is 70.9 Å². The summed E-state index contributed by atoms with van der Waals surface area (Å²) in [7, 11) is 0. The molecule has 0 saturated heterocycles. The third-order valence-corrected chi connectivity index (χ3v) is 3.09. The number of hydrazone groups is 2. The highest BCUT2D eigenvalue weighted by atomic mass is 16.5. The molecule has 0 amide bonds. The first-order chi connectivity index (χ1) is 11.3. The van der Waals surface area contributed by atoms with Crippen LogP contribution in [0, 0.1) is 0 Å². The smallest absolute Gasteiger partial charge is 0.109 e. The number of para-hydroxylation sites is 2. The van der Waals surface area contributed by atoms with E-state index in [0.717, 1.165) is 11.4 Å². The summed E-state index contributed by atoms with van der Waals surface area (Å²) in [5.41, 5.74) is 8.54. The number of anilines is 2. The topological polar surface area (TPSA) is 58.0 Å². The minimum absolute atomic E-state index is 0.155. The molecule has 0 fully saturated rings. The van der Waals surface area contributed by atoms with Crippen molar-refractivity contribution in [1.29, 1.82) is 0 Å². The van der Waals surface area contributed by atoms with E-state index < -0.39 is 0 Å². The normalized spacial score (nSPS) is 13.0. The van der Waals surface area contributed by atoms with E-state index in [2.05, 4.69) is 21.1 Å². The van der Waals surface area contributed by atoms with E-state index in [4.69, 9.17) is 4.74 Å². The minimum atomic E-state index is -0.155. The van der Waals surface area contributed by atoms with Crippen molar-refractivity contribution in [3.63, 3.8) is 0 Å². The van der Waals surface area contributed by atoms with Crippen LogP contribution in [0.1, 0.15) is 13.8 Å². The quantitative estimate of drug-likeness (QED) is 0.573. The van der Waals surface area contributed by atoms with Crippen LogP contribution in [-0.2, 0) is 4.74 Å². The van der Waals surface area contributed by atoms with E-state index in [9.17, 15) is 0 Å². The van der Waals surface area contributed by atoms with Crippen LogP contribution in [0.5, 0.6) is 0 Å². The maximum absolute atomic E-state index is 5.61. The zero-order valence-corrected chi connectivity index (χ0v) is 13.4. The number of rotatable bonds is 8. The molecule has 2 N–H and O–H groups in total. The van der Waals surface area contributed by atoms with Crippen LogP contribution in [-0.4, -0.2) is 24.6 Å². The zero-order chi connectivity index (χ0) is 16.3. The van der Waals surface area contributed by atoms with Crippen molar-refractivity contribution in [2.75, 3.05) is 17.5 Å². The highest BCUT2D eigenvalue weighted by Gasteiger charge is 2.08. The van der Waals surface area contributed by atoms with E-state index >= 15 is 0 Å². The molecule has 0 bridgehead atoms. The van der Waals surface area contributed by atoms with E-state index in [1.807, 2.05) is 74.5 Å². The summed E-state index contributed by atoms with van der Waals surface area (Å²) in [5, 5.41) is 8.63. The van der Waals surface area contributed by atoms with Crippen LogP contribution < -0.4 is 10.9 Å². The predicted molar refractivity (Wildman–Crippen MR) is 97.1 cm³/mol. The van der Waals surface area contributed by atoms with Crippen molar-refractivity contribution in [2.45, 2.75) is 20.0 Å². The minimum Gasteiger partial charge on any atom is -0.372 e. The molecule has 2 rings (SSSR count). The summed E-state index contributed by atoms with van der Waals surface area (Å²) in [6.07, 6.45) is 1.51. The van der Waals surface area contributed by atoms with Gasteiger partial charge in [0.15, 0.2) is 0 Å². The van der Waals surface area contributed by atoms with E-state index in [0.29, 0.717) is 12.3 Å². The maximum atomic E-state index is 5.61. The molecule has 0 saturated carbocycles. The Bertz CT molecular complexity index is 626. The number of hydrogen-bond donors (Lipinski definition) is 2. The second-order valence-corrected chi connectivity index (χ2v) is 4.85. The molecule has 0 aliphatic heterocycles. The van der Waals surface area contributed by atoms with Gasteiger partial charge in [-0.3, -0.25) is 10.9 Å². The van der Waals surface area contributed by atoms with Gasteiger partial charge in [0, 0.05) is 6.61 Å². The summed E-state index contributed by atoms with van der Waals surface area (Å²) in [6, 6.07) is 19.5. The Morgan fingerprint density at radius 2 is 1.57 bits per heavy atom. The lowest BCUT2D eigenvalue weighted by molar-refractivity contribution is 0.123. The maximum Gasteiger partial charge on any atom is 0.109 e. The lowest BCUT2D eigenvalue weighted by Gasteiger charge is -2.12. The Balaban J connectivity index is 2.04. The van der Waals surface area contributed by atoms with Gasteiger partial charge in [0.1, 0.15) is 11.8 Å². The summed E-state index contributed by atoms with van der Waals surface area (Å²) >= 11 is 0. The van der Waals surface area contributed by atoms with Gasteiger partial charge in [0.25, 0.3) is 0 Å². The van der Waals surface area contributed by atoms with Gasteiger partial charge in [0.05, 0.1) is 17.6 Å². The molecule has 0 radical (unpaired) electrons. The van der Waals surface area contributed by atoms with Gasteiger partial charge in [-0.25, -0.2) is 0 Å². The Hall–Kier alpha value is -2.66. The Kier molecular flexibility index (Phi) is 6.81. The highest BCUT2D eigenvalue weighted by Crippen LogP contribution is 2.06. The Labute approximate surface area is 137 Å². The molecule has 0 heterocycles. The standard InChI is InChI=1S/C18H22N4O/c1-3-23-15(2)18(22-21-17-12-8-5-9-13-17)14-19-20-16-10-6-4-7-11-16/h4-15,20-21H,3H2,1-2H3/b19-14-,22-18-/t15-/m0/s1. The van der Waals surface area contributed by atoms with Crippen molar-refractivity contribution < 1.29 is 4.74 Å². The molecular weight excluding hydrogens is 288 g/mol. The second kappa shape index (κ2) is 9.38. The van der Waals surface area contributed by atoms with Gasteiger partial charge < -0.3 is 4.74 Å². The molecule has 120 valence electrons. The lowest BCUT2D eigenvalue weighted by Crippen LogP contribution is -2.23. The SMILES string of the molecule is CCO[C@@H](C)C(/C=N\Nc1ccccc1)=N\Nc1ccccc1. The van der Waals surface area contributed by atoms with Crippen LogP contribution in [0.4, 0.5) is 11.4 Å². The molecule has 0 aliphatic rings. The fraction of sp³-hybridized carbons (Fsp3) is 0.222. The fourth-order valence-electron chi connectivity index (χ4n) is 1.89. The molecule has 2 aromatic carbocycles. The molecule has 0 spiro atoms. The van der Waals surface area contributed by atoms with Crippen molar-refractivity contribution in [2.24, 2.45) is 10.2 Å². The molecule has 1 atom stereocenters. The van der Waals surface area contributed by atoms with Gasteiger partial charge in [-0.05, 0) is 38.1 Å². The molecule has 0 unspecified atom stereocenters. The van der Waals surface area contributed by atoms with Crippen molar-refractivity contribution in [1.82, 2.24) is 0 Å². The fourth-order valence-corrected chi connectivity index (χ4v) is 1.89. The van der Waals surface area contributed by atoms with Crippen molar-refractivity contribution >= 4 is 23.3 Å². The van der Waals surface area contributed by atoms with Crippen LogP contribution in [0.2, 0.25) is 0 Å². The van der Waals surface area contributed by atoms with Crippen LogP contribution in [0.3, 0.4) is 0 Å². The summed E-state index contributed by atoms with van der Waals surface area (Å²) in [6.45, 7) is 4.52. The number of nitrogens with zero attached hydrogens (tertiary/aromatic N) is 2. The number of benzene rings is 2. The average Bonchev–Trinajstić information content (AvgIpc) is 2.60.